The van der Waals surface area contributed by atoms with Crippen LogP contribution in [0.15, 0.2) is 24.4 Å². The quantitative estimate of drug-likeness (QED) is 0.680. The Morgan fingerprint density at radius 2 is 2.00 bits per heavy atom. The number of anilines is 1. The molecule has 0 saturated carbocycles. The Balaban J connectivity index is 2.26. The summed E-state index contributed by atoms with van der Waals surface area (Å²) in [6, 6.07) is 5.07. The fraction of sp³-hybridized carbons (Fsp3) is 0.444. The Morgan fingerprint density at radius 1 is 1.31 bits per heavy atom. The Kier molecular flexibility index (Phi) is 6.34. The highest BCUT2D eigenvalue weighted by Gasteiger charge is 2.31. The number of hydrogen-bond donors (Lipinski definition) is 2. The molecule has 0 aliphatic heterocycles. The monoisotopic (exact) mass is 387 g/mol. The molecule has 1 unspecified atom stereocenters. The molecule has 142 valence electrons. The van der Waals surface area contributed by atoms with Crippen LogP contribution in [0.3, 0.4) is 0 Å². The maximum absolute atomic E-state index is 12.6. The Morgan fingerprint density at radius 3 is 2.62 bits per heavy atom. The minimum Gasteiger partial charge on any atom is -0.322 e. The van der Waals surface area contributed by atoms with Gasteiger partial charge in [-0.15, -0.1) is 0 Å². The van der Waals surface area contributed by atoms with Crippen LogP contribution in [0.4, 0.5) is 18.9 Å². The number of amides is 1. The molecule has 0 aliphatic carbocycles. The first-order valence-electron chi connectivity index (χ1n) is 8.26. The molecule has 0 radical (unpaired) electrons. The SMILES string of the molecule is CC(C)CC(C)c1cc(Cl)ccc1NC(=O)c1cn[nH]c1CC(F)(F)F. The molecule has 0 aliphatic rings. The van der Waals surface area contributed by atoms with Gasteiger partial charge in [0.15, 0.2) is 0 Å². The van der Waals surface area contributed by atoms with Gasteiger partial charge in [0.2, 0.25) is 0 Å². The average Bonchev–Trinajstić information content (AvgIpc) is 2.94. The molecule has 8 heteroatoms. The predicted molar refractivity (Wildman–Crippen MR) is 95.6 cm³/mol. The molecule has 26 heavy (non-hydrogen) atoms. The first-order chi connectivity index (χ1) is 12.1. The van der Waals surface area contributed by atoms with E-state index in [1.807, 2.05) is 6.92 Å². The van der Waals surface area contributed by atoms with Crippen molar-refractivity contribution in [3.63, 3.8) is 0 Å². The van der Waals surface area contributed by atoms with Crippen molar-refractivity contribution in [3.05, 3.63) is 46.2 Å². The van der Waals surface area contributed by atoms with Crippen molar-refractivity contribution in [1.82, 2.24) is 10.2 Å². The van der Waals surface area contributed by atoms with Gasteiger partial charge in [0, 0.05) is 10.7 Å². The summed E-state index contributed by atoms with van der Waals surface area (Å²) < 4.78 is 37.9. The van der Waals surface area contributed by atoms with Crippen molar-refractivity contribution in [2.45, 2.75) is 45.7 Å². The largest absolute Gasteiger partial charge is 0.394 e. The molecule has 4 nitrogen and oxygen atoms in total. The lowest BCUT2D eigenvalue weighted by Gasteiger charge is -2.19. The molecule has 2 N–H and O–H groups in total. The number of aromatic amines is 1. The van der Waals surface area contributed by atoms with Gasteiger partial charge in [-0.3, -0.25) is 9.89 Å². The lowest BCUT2D eigenvalue weighted by molar-refractivity contribution is -0.127. The Bertz CT molecular complexity index is 771. The van der Waals surface area contributed by atoms with E-state index in [4.69, 9.17) is 11.6 Å². The molecule has 0 fully saturated rings. The standard InChI is InChI=1S/C18H21ClF3N3O/c1-10(2)6-11(3)13-7-12(19)4-5-15(13)24-17(26)14-9-23-25-16(14)8-18(20,21)22/h4-5,7,9-11H,6,8H2,1-3H3,(H,23,25)(H,24,26). The van der Waals surface area contributed by atoms with Gasteiger partial charge in [0.1, 0.15) is 0 Å². The summed E-state index contributed by atoms with van der Waals surface area (Å²) in [5, 5.41) is 9.05. The molecule has 0 bridgehead atoms. The number of halogens is 4. The zero-order valence-corrected chi connectivity index (χ0v) is 15.5. The second-order valence-electron chi connectivity index (χ2n) is 6.77. The Labute approximate surface area is 155 Å². The molecule has 1 heterocycles. The molecule has 1 aromatic carbocycles. The van der Waals surface area contributed by atoms with E-state index >= 15 is 0 Å². The number of H-pyrrole nitrogens is 1. The zero-order valence-electron chi connectivity index (χ0n) is 14.7. The topological polar surface area (TPSA) is 57.8 Å². The summed E-state index contributed by atoms with van der Waals surface area (Å²) in [6.45, 7) is 6.20. The highest BCUT2D eigenvalue weighted by Crippen LogP contribution is 2.32. The van der Waals surface area contributed by atoms with Crippen molar-refractivity contribution in [1.29, 1.82) is 0 Å². The van der Waals surface area contributed by atoms with Crippen LogP contribution in [0.5, 0.6) is 0 Å². The second kappa shape index (κ2) is 8.12. The summed E-state index contributed by atoms with van der Waals surface area (Å²) in [5.41, 5.74) is 0.993. The van der Waals surface area contributed by atoms with E-state index < -0.39 is 18.5 Å². The smallest absolute Gasteiger partial charge is 0.322 e. The third-order valence-corrected chi connectivity index (χ3v) is 4.19. The summed E-state index contributed by atoms with van der Waals surface area (Å²) in [6.07, 6.45) is -3.69. The lowest BCUT2D eigenvalue weighted by atomic mass is 9.91. The van der Waals surface area contributed by atoms with Gasteiger partial charge in [-0.05, 0) is 42.0 Å². The molecular formula is C18H21ClF3N3O. The summed E-state index contributed by atoms with van der Waals surface area (Å²) in [7, 11) is 0. The molecule has 2 aromatic rings. The van der Waals surface area contributed by atoms with Gasteiger partial charge in [0.05, 0.1) is 23.9 Å². The van der Waals surface area contributed by atoms with E-state index in [1.165, 1.54) is 0 Å². The first-order valence-corrected chi connectivity index (χ1v) is 8.64. The van der Waals surface area contributed by atoms with Gasteiger partial charge in [-0.25, -0.2) is 0 Å². The molecule has 0 spiro atoms. The minimum absolute atomic E-state index is 0.125. The third kappa shape index (κ3) is 5.49. The number of benzene rings is 1. The van der Waals surface area contributed by atoms with Crippen molar-refractivity contribution in [2.24, 2.45) is 5.92 Å². The second-order valence-corrected chi connectivity index (χ2v) is 7.21. The predicted octanol–water partition coefficient (Wildman–Crippen LogP) is 5.57. The van der Waals surface area contributed by atoms with Crippen LogP contribution in [-0.2, 0) is 6.42 Å². The van der Waals surface area contributed by atoms with Gasteiger partial charge < -0.3 is 5.32 Å². The maximum atomic E-state index is 12.6. The van der Waals surface area contributed by atoms with E-state index in [1.54, 1.807) is 18.2 Å². The normalized spacial score (nSPS) is 13.1. The van der Waals surface area contributed by atoms with Crippen LogP contribution in [-0.4, -0.2) is 22.3 Å². The number of nitrogens with zero attached hydrogens (tertiary/aromatic N) is 1. The molecule has 1 aromatic heterocycles. The summed E-state index contributed by atoms with van der Waals surface area (Å²) >= 11 is 6.08. The highest BCUT2D eigenvalue weighted by molar-refractivity contribution is 6.30. The molecule has 1 atom stereocenters. The molecule has 2 rings (SSSR count). The molecule has 0 saturated heterocycles. The van der Waals surface area contributed by atoms with E-state index in [-0.39, 0.29) is 17.2 Å². The Hall–Kier alpha value is -2.02. The van der Waals surface area contributed by atoms with Gasteiger partial charge in [-0.1, -0.05) is 32.4 Å². The van der Waals surface area contributed by atoms with Crippen LogP contribution in [0.2, 0.25) is 5.02 Å². The average molecular weight is 388 g/mol. The van der Waals surface area contributed by atoms with Gasteiger partial charge in [0.25, 0.3) is 5.91 Å². The third-order valence-electron chi connectivity index (χ3n) is 3.96. The number of nitrogens with one attached hydrogen (secondary N) is 2. The fourth-order valence-corrected chi connectivity index (χ4v) is 3.10. The summed E-state index contributed by atoms with van der Waals surface area (Å²) in [5.74, 6) is -0.0684. The van der Waals surface area contributed by atoms with Gasteiger partial charge in [-0.2, -0.15) is 18.3 Å². The van der Waals surface area contributed by atoms with Crippen molar-refractivity contribution in [2.75, 3.05) is 5.32 Å². The number of carbonyl (C=O) groups excluding carboxylic acids is 1. The van der Waals surface area contributed by atoms with E-state index in [9.17, 15) is 18.0 Å². The van der Waals surface area contributed by atoms with Crippen LogP contribution >= 0.6 is 11.6 Å². The van der Waals surface area contributed by atoms with Crippen molar-refractivity contribution >= 4 is 23.2 Å². The summed E-state index contributed by atoms with van der Waals surface area (Å²) in [4.78, 5) is 12.5. The van der Waals surface area contributed by atoms with E-state index in [2.05, 4.69) is 29.4 Å². The van der Waals surface area contributed by atoms with E-state index in [0.717, 1.165) is 18.2 Å². The van der Waals surface area contributed by atoms with E-state index in [0.29, 0.717) is 16.6 Å². The zero-order chi connectivity index (χ0) is 19.5. The van der Waals surface area contributed by atoms with Crippen LogP contribution in [0.25, 0.3) is 0 Å². The highest BCUT2D eigenvalue weighted by atomic mass is 35.5. The minimum atomic E-state index is -4.43. The molecular weight excluding hydrogens is 367 g/mol. The fourth-order valence-electron chi connectivity index (χ4n) is 2.92. The lowest BCUT2D eigenvalue weighted by Crippen LogP contribution is -2.19. The van der Waals surface area contributed by atoms with Crippen molar-refractivity contribution < 1.29 is 18.0 Å². The number of aromatic nitrogens is 2. The number of hydrogen-bond acceptors (Lipinski definition) is 2. The first kappa shape index (κ1) is 20.3. The van der Waals surface area contributed by atoms with Crippen LogP contribution < -0.4 is 5.32 Å². The van der Waals surface area contributed by atoms with Crippen LogP contribution in [0.1, 0.15) is 54.7 Å². The number of alkyl halides is 3. The van der Waals surface area contributed by atoms with Crippen molar-refractivity contribution in [3.8, 4) is 0 Å². The van der Waals surface area contributed by atoms with Gasteiger partial charge >= 0.3 is 6.18 Å². The maximum Gasteiger partial charge on any atom is 0.394 e. The van der Waals surface area contributed by atoms with Crippen LogP contribution in [0, 0.1) is 5.92 Å². The molecule has 1 amide bonds. The number of rotatable bonds is 6. The number of carbonyl (C=O) groups is 1.